The Hall–Kier alpha value is -0.570. The third-order valence-electron chi connectivity index (χ3n) is 3.15. The van der Waals surface area contributed by atoms with E-state index in [-0.39, 0.29) is 17.9 Å². The van der Waals surface area contributed by atoms with Crippen molar-refractivity contribution >= 4 is 5.91 Å². The minimum absolute atomic E-state index is 0.00565. The molecule has 1 fully saturated rings. The summed E-state index contributed by atoms with van der Waals surface area (Å²) in [5.74, 6) is 0.120. The molecule has 0 atom stereocenters. The molecule has 0 saturated heterocycles. The van der Waals surface area contributed by atoms with Gasteiger partial charge in [-0.05, 0) is 24.7 Å². The van der Waals surface area contributed by atoms with Crippen LogP contribution in [0.2, 0.25) is 0 Å². The van der Waals surface area contributed by atoms with Crippen LogP contribution in [0.4, 0.5) is 0 Å². The van der Waals surface area contributed by atoms with E-state index in [9.17, 15) is 4.79 Å². The monoisotopic (exact) mass is 213 g/mol. The number of rotatable bonds is 4. The molecule has 0 bridgehead atoms. The van der Waals surface area contributed by atoms with Gasteiger partial charge in [0, 0.05) is 13.6 Å². The molecule has 0 aliphatic heterocycles. The van der Waals surface area contributed by atoms with Crippen molar-refractivity contribution in [3.8, 4) is 0 Å². The fraction of sp³-hybridized carbons (Fsp3) is 0.917. The SMILES string of the molecule is CN(CCC(C)(C)C)C(=O)C1(CO)CC1. The summed E-state index contributed by atoms with van der Waals surface area (Å²) in [5.41, 5.74) is -0.156. The summed E-state index contributed by atoms with van der Waals surface area (Å²) >= 11 is 0. The number of amides is 1. The molecule has 15 heavy (non-hydrogen) atoms. The zero-order valence-corrected chi connectivity index (χ0v) is 10.3. The van der Waals surface area contributed by atoms with Crippen molar-refractivity contribution in [2.75, 3.05) is 20.2 Å². The average Bonchev–Trinajstić information content (AvgIpc) is 2.92. The van der Waals surface area contributed by atoms with Crippen LogP contribution in [0.1, 0.15) is 40.0 Å². The van der Waals surface area contributed by atoms with Crippen LogP contribution < -0.4 is 0 Å². The number of aliphatic hydroxyl groups is 1. The predicted octanol–water partition coefficient (Wildman–Crippen LogP) is 1.65. The summed E-state index contributed by atoms with van der Waals surface area (Å²) < 4.78 is 0. The molecule has 0 aromatic rings. The van der Waals surface area contributed by atoms with E-state index in [0.717, 1.165) is 25.8 Å². The summed E-state index contributed by atoms with van der Waals surface area (Å²) in [7, 11) is 1.84. The van der Waals surface area contributed by atoms with E-state index in [2.05, 4.69) is 20.8 Å². The first-order valence-corrected chi connectivity index (χ1v) is 5.67. The highest BCUT2D eigenvalue weighted by Gasteiger charge is 2.50. The van der Waals surface area contributed by atoms with Crippen LogP contribution in [0.5, 0.6) is 0 Å². The Morgan fingerprint density at radius 2 is 1.93 bits per heavy atom. The first-order valence-electron chi connectivity index (χ1n) is 5.67. The standard InChI is InChI=1S/C12H23NO2/c1-11(2,3)7-8-13(4)10(15)12(9-14)5-6-12/h14H,5-9H2,1-4H3. The van der Waals surface area contributed by atoms with E-state index in [1.54, 1.807) is 4.90 Å². The van der Waals surface area contributed by atoms with Gasteiger partial charge in [-0.1, -0.05) is 20.8 Å². The van der Waals surface area contributed by atoms with Gasteiger partial charge in [-0.2, -0.15) is 0 Å². The van der Waals surface area contributed by atoms with Crippen molar-refractivity contribution in [3.63, 3.8) is 0 Å². The van der Waals surface area contributed by atoms with Gasteiger partial charge in [0.15, 0.2) is 0 Å². The van der Waals surface area contributed by atoms with Crippen molar-refractivity contribution in [1.29, 1.82) is 0 Å². The molecule has 0 spiro atoms. The van der Waals surface area contributed by atoms with E-state index in [1.165, 1.54) is 0 Å². The van der Waals surface area contributed by atoms with E-state index >= 15 is 0 Å². The summed E-state index contributed by atoms with van der Waals surface area (Å²) in [6.07, 6.45) is 2.70. The molecule has 3 nitrogen and oxygen atoms in total. The number of carbonyl (C=O) groups is 1. The Morgan fingerprint density at radius 3 is 2.27 bits per heavy atom. The third-order valence-corrected chi connectivity index (χ3v) is 3.15. The van der Waals surface area contributed by atoms with E-state index < -0.39 is 5.41 Å². The number of aliphatic hydroxyl groups excluding tert-OH is 1. The number of carbonyl (C=O) groups excluding carboxylic acids is 1. The highest BCUT2D eigenvalue weighted by Crippen LogP contribution is 2.46. The zero-order valence-electron chi connectivity index (χ0n) is 10.3. The van der Waals surface area contributed by atoms with Crippen LogP contribution in [0, 0.1) is 10.8 Å². The normalized spacial score (nSPS) is 18.7. The Balaban J connectivity index is 2.41. The number of nitrogens with zero attached hydrogens (tertiary/aromatic N) is 1. The van der Waals surface area contributed by atoms with Crippen molar-refractivity contribution in [3.05, 3.63) is 0 Å². The quantitative estimate of drug-likeness (QED) is 0.771. The lowest BCUT2D eigenvalue weighted by molar-refractivity contribution is -0.137. The second-order valence-corrected chi connectivity index (χ2v) is 5.98. The van der Waals surface area contributed by atoms with Crippen LogP contribution in [0.15, 0.2) is 0 Å². The predicted molar refractivity (Wildman–Crippen MR) is 60.5 cm³/mol. The van der Waals surface area contributed by atoms with Crippen molar-refractivity contribution in [2.45, 2.75) is 40.0 Å². The van der Waals surface area contributed by atoms with Gasteiger partial charge >= 0.3 is 0 Å². The zero-order chi connectivity index (χ0) is 11.7. The molecule has 1 amide bonds. The number of hydrogen-bond acceptors (Lipinski definition) is 2. The molecule has 3 heteroatoms. The molecule has 0 heterocycles. The van der Waals surface area contributed by atoms with Crippen LogP contribution in [0.25, 0.3) is 0 Å². The maximum atomic E-state index is 11.9. The summed E-state index contributed by atoms with van der Waals surface area (Å²) in [6.45, 7) is 7.30. The average molecular weight is 213 g/mol. The van der Waals surface area contributed by atoms with Crippen LogP contribution in [-0.2, 0) is 4.79 Å². The van der Waals surface area contributed by atoms with Crippen LogP contribution >= 0.6 is 0 Å². The molecule has 1 aliphatic carbocycles. The van der Waals surface area contributed by atoms with Crippen molar-refractivity contribution in [1.82, 2.24) is 4.90 Å². The van der Waals surface area contributed by atoms with Gasteiger partial charge in [0.25, 0.3) is 0 Å². The lowest BCUT2D eigenvalue weighted by Crippen LogP contribution is -2.37. The lowest BCUT2D eigenvalue weighted by atomic mass is 9.92. The Bertz CT molecular complexity index is 238. The smallest absolute Gasteiger partial charge is 0.230 e. The second-order valence-electron chi connectivity index (χ2n) is 5.98. The van der Waals surface area contributed by atoms with Gasteiger partial charge in [0.2, 0.25) is 5.91 Å². The van der Waals surface area contributed by atoms with Gasteiger partial charge in [-0.25, -0.2) is 0 Å². The topological polar surface area (TPSA) is 40.5 Å². The molecule has 0 radical (unpaired) electrons. The first-order chi connectivity index (χ1) is 6.81. The van der Waals surface area contributed by atoms with Gasteiger partial charge in [0.05, 0.1) is 12.0 Å². The van der Waals surface area contributed by atoms with Gasteiger partial charge in [0.1, 0.15) is 0 Å². The maximum Gasteiger partial charge on any atom is 0.230 e. The highest BCUT2D eigenvalue weighted by atomic mass is 16.3. The molecule has 1 saturated carbocycles. The van der Waals surface area contributed by atoms with E-state index in [0.29, 0.717) is 0 Å². The van der Waals surface area contributed by atoms with Crippen molar-refractivity contribution in [2.24, 2.45) is 10.8 Å². The highest BCUT2D eigenvalue weighted by molar-refractivity contribution is 5.85. The minimum Gasteiger partial charge on any atom is -0.395 e. The van der Waals surface area contributed by atoms with Gasteiger partial charge in [-0.15, -0.1) is 0 Å². The minimum atomic E-state index is -0.410. The molecular formula is C12H23NO2. The Morgan fingerprint density at radius 1 is 1.40 bits per heavy atom. The second kappa shape index (κ2) is 4.12. The van der Waals surface area contributed by atoms with Crippen LogP contribution in [0.3, 0.4) is 0 Å². The van der Waals surface area contributed by atoms with Gasteiger partial charge < -0.3 is 10.0 Å². The van der Waals surface area contributed by atoms with E-state index in [4.69, 9.17) is 5.11 Å². The summed E-state index contributed by atoms with van der Waals surface area (Å²) in [5, 5.41) is 9.16. The molecular weight excluding hydrogens is 190 g/mol. The maximum absolute atomic E-state index is 11.9. The molecule has 1 rings (SSSR count). The fourth-order valence-corrected chi connectivity index (χ4v) is 1.60. The molecule has 0 unspecified atom stereocenters. The third kappa shape index (κ3) is 3.20. The molecule has 0 aromatic heterocycles. The molecule has 0 aromatic carbocycles. The first kappa shape index (κ1) is 12.5. The molecule has 1 aliphatic rings. The van der Waals surface area contributed by atoms with Crippen molar-refractivity contribution < 1.29 is 9.90 Å². The van der Waals surface area contributed by atoms with Gasteiger partial charge in [-0.3, -0.25) is 4.79 Å². The Labute approximate surface area is 92.5 Å². The summed E-state index contributed by atoms with van der Waals surface area (Å²) in [4.78, 5) is 13.7. The largest absolute Gasteiger partial charge is 0.395 e. The number of hydrogen-bond donors (Lipinski definition) is 1. The van der Waals surface area contributed by atoms with E-state index in [1.807, 2.05) is 7.05 Å². The van der Waals surface area contributed by atoms with Crippen LogP contribution in [-0.4, -0.2) is 36.1 Å². The molecule has 88 valence electrons. The fourth-order valence-electron chi connectivity index (χ4n) is 1.60. The lowest BCUT2D eigenvalue weighted by Gasteiger charge is -2.26. The molecule has 1 N–H and O–H groups in total. The summed E-state index contributed by atoms with van der Waals surface area (Å²) in [6, 6.07) is 0. The Kier molecular flexibility index (Phi) is 3.44.